The van der Waals surface area contributed by atoms with Crippen molar-refractivity contribution >= 4 is 0 Å². The van der Waals surface area contributed by atoms with Crippen LogP contribution in [0.4, 0.5) is 0 Å². The smallest absolute Gasteiger partial charge is 0.0597 e. The summed E-state index contributed by atoms with van der Waals surface area (Å²) in [4.78, 5) is 2.39. The van der Waals surface area contributed by atoms with Crippen molar-refractivity contribution in [1.82, 2.24) is 10.2 Å². The van der Waals surface area contributed by atoms with E-state index in [2.05, 4.69) is 17.3 Å². The predicted octanol–water partition coefficient (Wildman–Crippen LogP) is 0.935. The van der Waals surface area contributed by atoms with Crippen molar-refractivity contribution < 1.29 is 5.11 Å². The molecule has 2 N–H and O–H groups in total. The van der Waals surface area contributed by atoms with Crippen LogP contribution in [0.15, 0.2) is 0 Å². The Balaban J connectivity index is 1.72. The summed E-state index contributed by atoms with van der Waals surface area (Å²) in [6, 6.07) is 0.226. The van der Waals surface area contributed by atoms with E-state index in [9.17, 15) is 0 Å². The lowest BCUT2D eigenvalue weighted by atomic mass is 9.88. The number of hydrogen-bond acceptors (Lipinski definition) is 3. The van der Waals surface area contributed by atoms with Gasteiger partial charge in [-0.15, -0.1) is 0 Å². The third kappa shape index (κ3) is 2.76. The first-order chi connectivity index (χ1) is 7.72. The average Bonchev–Trinajstić information content (AvgIpc) is 2.87. The lowest BCUT2D eigenvalue weighted by Crippen LogP contribution is -2.42. The summed E-state index contributed by atoms with van der Waals surface area (Å²) in [7, 11) is 4.11. The molecule has 0 amide bonds. The molecule has 2 aliphatic rings. The Bertz CT molecular complexity index is 218. The van der Waals surface area contributed by atoms with Crippen LogP contribution in [0.5, 0.6) is 0 Å². The van der Waals surface area contributed by atoms with Gasteiger partial charge in [0, 0.05) is 19.1 Å². The molecule has 0 heterocycles. The van der Waals surface area contributed by atoms with Gasteiger partial charge in [-0.1, -0.05) is 6.42 Å². The van der Waals surface area contributed by atoms with Gasteiger partial charge in [0.2, 0.25) is 0 Å². The lowest BCUT2D eigenvalue weighted by Gasteiger charge is -2.29. The second kappa shape index (κ2) is 5.48. The minimum atomic E-state index is 0.226. The molecule has 0 spiro atoms. The van der Waals surface area contributed by atoms with Gasteiger partial charge in [0.1, 0.15) is 0 Å². The molecule has 0 saturated heterocycles. The topological polar surface area (TPSA) is 35.5 Å². The van der Waals surface area contributed by atoms with E-state index >= 15 is 0 Å². The van der Waals surface area contributed by atoms with Crippen molar-refractivity contribution in [3.63, 3.8) is 0 Å². The van der Waals surface area contributed by atoms with E-state index < -0.39 is 0 Å². The van der Waals surface area contributed by atoms with Crippen molar-refractivity contribution in [3.8, 4) is 0 Å². The lowest BCUT2D eigenvalue weighted by molar-refractivity contribution is 0.173. The Kier molecular flexibility index (Phi) is 4.22. The fourth-order valence-electron chi connectivity index (χ4n) is 3.69. The van der Waals surface area contributed by atoms with Crippen LogP contribution in [0.2, 0.25) is 0 Å². The van der Waals surface area contributed by atoms with Crippen molar-refractivity contribution in [1.29, 1.82) is 0 Å². The van der Waals surface area contributed by atoms with E-state index in [0.717, 1.165) is 24.3 Å². The second-order valence-corrected chi connectivity index (χ2v) is 5.82. The summed E-state index contributed by atoms with van der Waals surface area (Å²) in [5.74, 6) is 2.98. The number of aliphatic hydroxyl groups excluding tert-OH is 1. The molecule has 2 aliphatic carbocycles. The van der Waals surface area contributed by atoms with Gasteiger partial charge in [0.05, 0.1) is 6.61 Å². The van der Waals surface area contributed by atoms with Gasteiger partial charge in [-0.2, -0.15) is 0 Å². The standard InChI is InChI=1S/C13H26N2O/c1-14-13(9-16)8-15(2)7-12-6-10-3-4-11(12)5-10/h10-14,16H,3-9H2,1-2H3. The van der Waals surface area contributed by atoms with Crippen LogP contribution in [0.25, 0.3) is 0 Å². The molecule has 4 unspecified atom stereocenters. The fraction of sp³-hybridized carbons (Fsp3) is 1.00. The van der Waals surface area contributed by atoms with E-state index in [0.29, 0.717) is 0 Å². The first kappa shape index (κ1) is 12.3. The molecule has 3 heteroatoms. The minimum Gasteiger partial charge on any atom is -0.395 e. The third-order valence-corrected chi connectivity index (χ3v) is 4.59. The molecule has 0 radical (unpaired) electrons. The van der Waals surface area contributed by atoms with Crippen molar-refractivity contribution in [2.24, 2.45) is 17.8 Å². The zero-order valence-electron chi connectivity index (χ0n) is 10.7. The van der Waals surface area contributed by atoms with Crippen LogP contribution in [-0.4, -0.2) is 49.8 Å². The van der Waals surface area contributed by atoms with Crippen LogP contribution in [0.3, 0.4) is 0 Å². The summed E-state index contributed by atoms with van der Waals surface area (Å²) in [6.45, 7) is 2.41. The Hall–Kier alpha value is -0.120. The van der Waals surface area contributed by atoms with Gasteiger partial charge in [0.25, 0.3) is 0 Å². The maximum Gasteiger partial charge on any atom is 0.0597 e. The number of nitrogens with one attached hydrogen (secondary N) is 1. The number of fused-ring (bicyclic) bond motifs is 2. The first-order valence-corrected chi connectivity index (χ1v) is 6.69. The van der Waals surface area contributed by atoms with Crippen molar-refractivity contribution in [3.05, 3.63) is 0 Å². The van der Waals surface area contributed by atoms with E-state index in [-0.39, 0.29) is 12.6 Å². The van der Waals surface area contributed by atoms with Crippen molar-refractivity contribution in [2.45, 2.75) is 31.7 Å². The Morgan fingerprint density at radius 1 is 1.38 bits per heavy atom. The summed E-state index contributed by atoms with van der Waals surface area (Å²) >= 11 is 0. The number of aliphatic hydroxyl groups is 1. The molecule has 4 atom stereocenters. The number of hydrogen-bond donors (Lipinski definition) is 2. The van der Waals surface area contributed by atoms with E-state index in [1.807, 2.05) is 7.05 Å². The molecule has 16 heavy (non-hydrogen) atoms. The number of nitrogens with zero attached hydrogens (tertiary/aromatic N) is 1. The Labute approximate surface area is 99.2 Å². The second-order valence-electron chi connectivity index (χ2n) is 5.82. The highest BCUT2D eigenvalue weighted by Crippen LogP contribution is 2.48. The highest BCUT2D eigenvalue weighted by atomic mass is 16.3. The zero-order valence-corrected chi connectivity index (χ0v) is 10.7. The predicted molar refractivity (Wildman–Crippen MR) is 66.4 cm³/mol. The largest absolute Gasteiger partial charge is 0.395 e. The molecule has 94 valence electrons. The molecule has 2 saturated carbocycles. The Morgan fingerprint density at radius 2 is 2.19 bits per heavy atom. The summed E-state index contributed by atoms with van der Waals surface area (Å²) in [5, 5.41) is 12.3. The van der Waals surface area contributed by atoms with Crippen LogP contribution in [0.1, 0.15) is 25.7 Å². The first-order valence-electron chi connectivity index (χ1n) is 6.69. The van der Waals surface area contributed by atoms with Crippen LogP contribution in [0, 0.1) is 17.8 Å². The van der Waals surface area contributed by atoms with E-state index in [4.69, 9.17) is 5.11 Å². The molecular formula is C13H26N2O. The molecule has 3 nitrogen and oxygen atoms in total. The molecule has 0 aliphatic heterocycles. The highest BCUT2D eigenvalue weighted by Gasteiger charge is 2.39. The van der Waals surface area contributed by atoms with Gasteiger partial charge < -0.3 is 15.3 Å². The van der Waals surface area contributed by atoms with E-state index in [1.54, 1.807) is 0 Å². The fourth-order valence-corrected chi connectivity index (χ4v) is 3.69. The van der Waals surface area contributed by atoms with Crippen LogP contribution >= 0.6 is 0 Å². The summed E-state index contributed by atoms with van der Waals surface area (Å²) in [6.07, 6.45) is 5.91. The van der Waals surface area contributed by atoms with Crippen molar-refractivity contribution in [2.75, 3.05) is 33.8 Å². The van der Waals surface area contributed by atoms with Gasteiger partial charge in [-0.25, -0.2) is 0 Å². The minimum absolute atomic E-state index is 0.226. The molecule has 0 aromatic rings. The highest BCUT2D eigenvalue weighted by molar-refractivity contribution is 4.91. The van der Waals surface area contributed by atoms with Gasteiger partial charge in [0.15, 0.2) is 0 Å². The molecule has 2 rings (SSSR count). The molecular weight excluding hydrogens is 200 g/mol. The van der Waals surface area contributed by atoms with E-state index in [1.165, 1.54) is 32.2 Å². The summed E-state index contributed by atoms with van der Waals surface area (Å²) in [5.41, 5.74) is 0. The van der Waals surface area contributed by atoms with Crippen LogP contribution in [-0.2, 0) is 0 Å². The molecule has 2 fully saturated rings. The monoisotopic (exact) mass is 226 g/mol. The molecule has 0 aromatic heterocycles. The maximum atomic E-state index is 9.15. The molecule has 0 aromatic carbocycles. The summed E-state index contributed by atoms with van der Waals surface area (Å²) < 4.78 is 0. The molecule has 2 bridgehead atoms. The van der Waals surface area contributed by atoms with Gasteiger partial charge >= 0.3 is 0 Å². The maximum absolute atomic E-state index is 9.15. The SMILES string of the molecule is CNC(CO)CN(C)CC1CC2CCC1C2. The Morgan fingerprint density at radius 3 is 2.69 bits per heavy atom. The average molecular weight is 226 g/mol. The number of likely N-dealkylation sites (N-methyl/N-ethyl adjacent to an activating group) is 2. The van der Waals surface area contributed by atoms with Gasteiger partial charge in [-0.3, -0.25) is 0 Å². The zero-order chi connectivity index (χ0) is 11.5. The quantitative estimate of drug-likeness (QED) is 0.707. The normalized spacial score (nSPS) is 34.9. The van der Waals surface area contributed by atoms with Crippen LogP contribution < -0.4 is 5.32 Å². The number of rotatable bonds is 6. The third-order valence-electron chi connectivity index (χ3n) is 4.59. The van der Waals surface area contributed by atoms with Gasteiger partial charge in [-0.05, 0) is 51.1 Å².